The molecule has 2 heterocycles. The molecule has 0 saturated heterocycles. The van der Waals surface area contributed by atoms with Crippen molar-refractivity contribution < 1.29 is 14.0 Å². The second kappa shape index (κ2) is 9.97. The number of hydrogen-bond donors (Lipinski definition) is 0. The van der Waals surface area contributed by atoms with Gasteiger partial charge in [0.15, 0.2) is 5.78 Å². The number of ketones is 1. The fraction of sp³-hybridized carbons (Fsp3) is 0.207. The van der Waals surface area contributed by atoms with Crippen molar-refractivity contribution in [3.8, 4) is 5.69 Å². The van der Waals surface area contributed by atoms with E-state index in [1.807, 2.05) is 62.4 Å². The van der Waals surface area contributed by atoms with Crippen LogP contribution in [0.15, 0.2) is 78.9 Å². The predicted molar refractivity (Wildman–Crippen MR) is 146 cm³/mol. The second-order valence-electron chi connectivity index (χ2n) is 8.93. The van der Waals surface area contributed by atoms with Gasteiger partial charge in [-0.2, -0.15) is 5.10 Å². The summed E-state index contributed by atoms with van der Waals surface area (Å²) in [5.74, 6) is -0.930. The largest absolute Gasteiger partial charge is 0.296 e. The number of rotatable bonds is 6. The lowest BCUT2D eigenvalue weighted by molar-refractivity contribution is -0.123. The normalized spacial score (nSPS) is 17.2. The number of aryl methyl sites for hydroxylation is 1. The first-order valence-corrected chi connectivity index (χ1v) is 13.0. The highest BCUT2D eigenvalue weighted by Crippen LogP contribution is 2.47. The second-order valence-corrected chi connectivity index (χ2v) is 10.2. The van der Waals surface area contributed by atoms with Gasteiger partial charge < -0.3 is 0 Å². The molecule has 7 heteroatoms. The summed E-state index contributed by atoms with van der Waals surface area (Å²) in [5, 5.41) is 4.83. The quantitative estimate of drug-likeness (QED) is 0.195. The van der Waals surface area contributed by atoms with Crippen molar-refractivity contribution in [3.05, 3.63) is 111 Å². The van der Waals surface area contributed by atoms with Crippen molar-refractivity contribution in [1.29, 1.82) is 0 Å². The van der Waals surface area contributed by atoms with Crippen molar-refractivity contribution >= 4 is 40.1 Å². The smallest absolute Gasteiger partial charge is 0.232 e. The third kappa shape index (κ3) is 4.36. The van der Waals surface area contributed by atoms with Gasteiger partial charge >= 0.3 is 0 Å². The number of fused-ring (bicyclic) bond motifs is 1. The van der Waals surface area contributed by atoms with E-state index in [-0.39, 0.29) is 23.9 Å². The Labute approximate surface area is 223 Å². The van der Waals surface area contributed by atoms with Gasteiger partial charge in [-0.15, -0.1) is 0 Å². The molecule has 0 radical (unpaired) electrons. The van der Waals surface area contributed by atoms with Gasteiger partial charge in [-0.05, 0) is 78.4 Å². The molecular formula is C29H25FIN3O2. The SMILES string of the molecule is CCN1C(=O)[C@@H](CC(=O)c2cccc(I)c2)[C@@H](c2ccc(F)cc2)c2c(C)nn(-c3ccccc3)c21. The number of aromatic nitrogens is 2. The lowest BCUT2D eigenvalue weighted by Crippen LogP contribution is -2.45. The molecule has 4 aromatic rings. The summed E-state index contributed by atoms with van der Waals surface area (Å²) in [6, 6.07) is 23.3. The van der Waals surface area contributed by atoms with E-state index in [1.54, 1.807) is 27.8 Å². The van der Waals surface area contributed by atoms with E-state index in [1.165, 1.54) is 12.1 Å². The van der Waals surface area contributed by atoms with Crippen molar-refractivity contribution in [2.24, 2.45) is 5.92 Å². The summed E-state index contributed by atoms with van der Waals surface area (Å²) >= 11 is 2.18. The number of halogens is 2. The number of carbonyl (C=O) groups excluding carboxylic acids is 2. The third-order valence-electron chi connectivity index (χ3n) is 6.73. The summed E-state index contributed by atoms with van der Waals surface area (Å²) in [5.41, 5.74) is 3.89. The minimum atomic E-state index is -0.639. The number of hydrogen-bond acceptors (Lipinski definition) is 3. The average Bonchev–Trinajstić information content (AvgIpc) is 3.22. The Morgan fingerprint density at radius 2 is 1.75 bits per heavy atom. The van der Waals surface area contributed by atoms with E-state index in [9.17, 15) is 14.0 Å². The number of amides is 1. The Hall–Kier alpha value is -3.33. The number of Topliss-reactive ketones (excluding diaryl/α,β-unsaturated/α-hetero) is 1. The fourth-order valence-electron chi connectivity index (χ4n) is 5.11. The molecule has 182 valence electrons. The van der Waals surface area contributed by atoms with Gasteiger partial charge in [-0.25, -0.2) is 9.07 Å². The molecule has 0 spiro atoms. The zero-order valence-corrected chi connectivity index (χ0v) is 22.1. The van der Waals surface area contributed by atoms with Crippen molar-refractivity contribution in [1.82, 2.24) is 9.78 Å². The van der Waals surface area contributed by atoms with Crippen LogP contribution in [0.2, 0.25) is 0 Å². The van der Waals surface area contributed by atoms with Crippen LogP contribution in [0, 0.1) is 22.2 Å². The van der Waals surface area contributed by atoms with Crippen LogP contribution < -0.4 is 4.90 Å². The van der Waals surface area contributed by atoms with Gasteiger partial charge in [-0.1, -0.05) is 42.5 Å². The first-order chi connectivity index (χ1) is 17.4. The van der Waals surface area contributed by atoms with E-state index >= 15 is 0 Å². The van der Waals surface area contributed by atoms with Gasteiger partial charge in [-0.3, -0.25) is 14.5 Å². The molecule has 0 saturated carbocycles. The molecule has 5 nitrogen and oxygen atoms in total. The lowest BCUT2D eigenvalue weighted by atomic mass is 9.74. The Balaban J connectivity index is 1.68. The Morgan fingerprint density at radius 1 is 1.03 bits per heavy atom. The zero-order valence-electron chi connectivity index (χ0n) is 20.0. The zero-order chi connectivity index (χ0) is 25.4. The molecule has 0 N–H and O–H groups in total. The number of para-hydroxylation sites is 1. The van der Waals surface area contributed by atoms with Crippen molar-refractivity contribution in [2.45, 2.75) is 26.2 Å². The maximum atomic E-state index is 14.1. The molecule has 0 unspecified atom stereocenters. The van der Waals surface area contributed by atoms with E-state index < -0.39 is 11.8 Å². The van der Waals surface area contributed by atoms with Gasteiger partial charge in [0, 0.05) is 33.6 Å². The lowest BCUT2D eigenvalue weighted by Gasteiger charge is -2.38. The summed E-state index contributed by atoms with van der Waals surface area (Å²) in [7, 11) is 0. The van der Waals surface area contributed by atoms with Crippen LogP contribution in [0.1, 0.15) is 46.4 Å². The van der Waals surface area contributed by atoms with Crippen LogP contribution in [0.3, 0.4) is 0 Å². The molecule has 1 aliphatic rings. The standard InChI is InChI=1S/C29H25FIN3O2/c1-3-33-28-26(18(2)32-34(28)23-10-5-4-6-11-23)27(19-12-14-21(30)15-13-19)24(29(33)36)17-25(35)20-8-7-9-22(31)16-20/h4-16,24,27H,3,17H2,1-2H3/t24-,27+/m0/s1. The molecule has 0 fully saturated rings. The molecule has 36 heavy (non-hydrogen) atoms. The number of anilines is 1. The minimum Gasteiger partial charge on any atom is -0.296 e. The first kappa shape index (κ1) is 24.4. The summed E-state index contributed by atoms with van der Waals surface area (Å²) < 4.78 is 16.6. The molecule has 1 aliphatic heterocycles. The van der Waals surface area contributed by atoms with Gasteiger partial charge in [0.2, 0.25) is 5.91 Å². The molecule has 0 bridgehead atoms. The van der Waals surface area contributed by atoms with Crippen LogP contribution in [-0.2, 0) is 4.79 Å². The number of nitrogens with zero attached hydrogens (tertiary/aromatic N) is 3. The Morgan fingerprint density at radius 3 is 2.42 bits per heavy atom. The molecule has 5 rings (SSSR count). The summed E-state index contributed by atoms with van der Waals surface area (Å²) in [6.45, 7) is 4.29. The van der Waals surface area contributed by atoms with Crippen LogP contribution in [0.5, 0.6) is 0 Å². The molecule has 2 atom stereocenters. The Bertz CT molecular complexity index is 1430. The van der Waals surface area contributed by atoms with Crippen LogP contribution >= 0.6 is 22.6 Å². The maximum absolute atomic E-state index is 14.1. The molecule has 0 aliphatic carbocycles. The topological polar surface area (TPSA) is 55.2 Å². The molecular weight excluding hydrogens is 568 g/mol. The minimum absolute atomic E-state index is 0.0485. The van der Waals surface area contributed by atoms with Gasteiger partial charge in [0.1, 0.15) is 11.6 Å². The van der Waals surface area contributed by atoms with Gasteiger partial charge in [0.05, 0.1) is 17.3 Å². The highest BCUT2D eigenvalue weighted by atomic mass is 127. The van der Waals surface area contributed by atoms with Crippen LogP contribution in [0.4, 0.5) is 10.2 Å². The first-order valence-electron chi connectivity index (χ1n) is 11.9. The summed E-state index contributed by atoms with van der Waals surface area (Å²) in [6.07, 6.45) is 0.0485. The fourth-order valence-corrected chi connectivity index (χ4v) is 5.65. The van der Waals surface area contributed by atoms with Gasteiger partial charge in [0.25, 0.3) is 0 Å². The third-order valence-corrected chi connectivity index (χ3v) is 7.40. The summed E-state index contributed by atoms with van der Waals surface area (Å²) in [4.78, 5) is 29.2. The number of benzene rings is 3. The monoisotopic (exact) mass is 593 g/mol. The molecule has 3 aromatic carbocycles. The van der Waals surface area contributed by atoms with E-state index in [4.69, 9.17) is 5.10 Å². The predicted octanol–water partition coefficient (Wildman–Crippen LogP) is 6.31. The highest BCUT2D eigenvalue weighted by Gasteiger charge is 2.45. The van der Waals surface area contributed by atoms with Crippen molar-refractivity contribution in [3.63, 3.8) is 0 Å². The highest BCUT2D eigenvalue weighted by molar-refractivity contribution is 14.1. The van der Waals surface area contributed by atoms with Crippen molar-refractivity contribution in [2.75, 3.05) is 11.4 Å². The molecule has 1 aromatic heterocycles. The van der Waals surface area contributed by atoms with E-state index in [0.717, 1.165) is 26.1 Å². The maximum Gasteiger partial charge on any atom is 0.232 e. The average molecular weight is 593 g/mol. The van der Waals surface area contributed by atoms with Crippen LogP contribution in [0.25, 0.3) is 5.69 Å². The van der Waals surface area contributed by atoms with Crippen LogP contribution in [-0.4, -0.2) is 28.0 Å². The Kier molecular flexibility index (Phi) is 6.75. The molecule has 1 amide bonds. The van der Waals surface area contributed by atoms with E-state index in [2.05, 4.69) is 22.6 Å². The number of carbonyl (C=O) groups is 2. The van der Waals surface area contributed by atoms with E-state index in [0.29, 0.717) is 17.9 Å².